The normalized spacial score (nSPS) is 18.1. The van der Waals surface area contributed by atoms with E-state index >= 15 is 0 Å². The Bertz CT molecular complexity index is 780. The lowest BCUT2D eigenvalue weighted by molar-refractivity contribution is 0.0622. The van der Waals surface area contributed by atoms with E-state index in [-0.39, 0.29) is 5.91 Å². The van der Waals surface area contributed by atoms with Crippen molar-refractivity contribution < 1.29 is 4.79 Å². The largest absolute Gasteiger partial charge is 0.356 e. The first-order valence-electron chi connectivity index (χ1n) is 9.85. The van der Waals surface area contributed by atoms with Crippen LogP contribution in [0.2, 0.25) is 0 Å². The summed E-state index contributed by atoms with van der Waals surface area (Å²) >= 11 is 0. The smallest absolute Gasteiger partial charge is 0.272 e. The number of nitrogens with zero attached hydrogens (tertiary/aromatic N) is 5. The molecule has 142 valence electrons. The van der Waals surface area contributed by atoms with Crippen LogP contribution in [0, 0.1) is 6.92 Å². The lowest BCUT2D eigenvalue weighted by Gasteiger charge is -2.34. The third-order valence-electron chi connectivity index (χ3n) is 5.38. The molecular formula is C21H27N5O. The average Bonchev–Trinajstić information content (AvgIpc) is 3.23. The van der Waals surface area contributed by atoms with Gasteiger partial charge in [0.05, 0.1) is 0 Å². The maximum atomic E-state index is 13.0. The summed E-state index contributed by atoms with van der Waals surface area (Å²) in [4.78, 5) is 28.5. The van der Waals surface area contributed by atoms with Crippen molar-refractivity contribution in [3.8, 4) is 0 Å². The molecule has 2 aliphatic heterocycles. The van der Waals surface area contributed by atoms with Gasteiger partial charge in [0.15, 0.2) is 0 Å². The molecule has 2 aliphatic rings. The fraction of sp³-hybridized carbons (Fsp3) is 0.476. The molecule has 0 atom stereocenters. The van der Waals surface area contributed by atoms with Gasteiger partial charge in [0, 0.05) is 51.9 Å². The summed E-state index contributed by atoms with van der Waals surface area (Å²) in [5.74, 6) is 1.59. The number of amides is 1. The van der Waals surface area contributed by atoms with Gasteiger partial charge < -0.3 is 9.80 Å². The maximum Gasteiger partial charge on any atom is 0.272 e. The Morgan fingerprint density at radius 1 is 0.963 bits per heavy atom. The number of hydrogen-bond donors (Lipinski definition) is 0. The van der Waals surface area contributed by atoms with Gasteiger partial charge in [-0.25, -0.2) is 9.97 Å². The number of carbonyl (C=O) groups is 1. The van der Waals surface area contributed by atoms with Gasteiger partial charge in [-0.1, -0.05) is 30.3 Å². The highest BCUT2D eigenvalue weighted by atomic mass is 16.2. The van der Waals surface area contributed by atoms with Crippen LogP contribution in [0.5, 0.6) is 0 Å². The van der Waals surface area contributed by atoms with Crippen molar-refractivity contribution in [3.63, 3.8) is 0 Å². The molecule has 0 unspecified atom stereocenters. The minimum Gasteiger partial charge on any atom is -0.356 e. The topological polar surface area (TPSA) is 52.6 Å². The molecule has 0 N–H and O–H groups in total. The van der Waals surface area contributed by atoms with E-state index in [2.05, 4.69) is 44.0 Å². The molecule has 4 rings (SSSR count). The van der Waals surface area contributed by atoms with Crippen LogP contribution in [0.3, 0.4) is 0 Å². The zero-order valence-corrected chi connectivity index (χ0v) is 16.0. The number of rotatable bonds is 4. The highest BCUT2D eigenvalue weighted by Gasteiger charge is 2.24. The molecule has 2 aromatic rings. The lowest BCUT2D eigenvalue weighted by atomic mass is 10.2. The summed E-state index contributed by atoms with van der Waals surface area (Å²) in [6, 6.07) is 12.4. The molecule has 0 radical (unpaired) electrons. The molecule has 0 bridgehead atoms. The number of anilines is 1. The minimum atomic E-state index is 0.0281. The molecule has 0 aliphatic carbocycles. The Kier molecular flexibility index (Phi) is 5.34. The first-order chi connectivity index (χ1) is 13.2. The number of piperazine rings is 1. The first-order valence-corrected chi connectivity index (χ1v) is 9.85. The van der Waals surface area contributed by atoms with Crippen LogP contribution in [-0.4, -0.2) is 64.9 Å². The van der Waals surface area contributed by atoms with Crippen molar-refractivity contribution in [3.05, 3.63) is 53.5 Å². The maximum absolute atomic E-state index is 13.0. The molecule has 1 amide bonds. The molecule has 3 heterocycles. The summed E-state index contributed by atoms with van der Waals surface area (Å²) in [7, 11) is 0. The fourth-order valence-corrected chi connectivity index (χ4v) is 3.88. The molecule has 0 spiro atoms. The van der Waals surface area contributed by atoms with Gasteiger partial charge in [-0.3, -0.25) is 9.69 Å². The number of hydrogen-bond acceptors (Lipinski definition) is 5. The van der Waals surface area contributed by atoms with Gasteiger partial charge in [0.1, 0.15) is 17.3 Å². The highest BCUT2D eigenvalue weighted by Crippen LogP contribution is 2.20. The van der Waals surface area contributed by atoms with Crippen LogP contribution in [0.25, 0.3) is 0 Å². The molecule has 1 aromatic carbocycles. The van der Waals surface area contributed by atoms with E-state index in [0.29, 0.717) is 11.5 Å². The highest BCUT2D eigenvalue weighted by molar-refractivity contribution is 5.93. The van der Waals surface area contributed by atoms with Crippen molar-refractivity contribution in [1.82, 2.24) is 19.8 Å². The van der Waals surface area contributed by atoms with E-state index in [1.54, 1.807) is 0 Å². The summed E-state index contributed by atoms with van der Waals surface area (Å²) in [6.07, 6.45) is 2.38. The molecule has 1 aromatic heterocycles. The van der Waals surface area contributed by atoms with E-state index in [1.807, 2.05) is 24.0 Å². The number of carbonyl (C=O) groups excluding carboxylic acids is 1. The molecule has 2 saturated heterocycles. The fourth-order valence-electron chi connectivity index (χ4n) is 3.88. The molecule has 6 nitrogen and oxygen atoms in total. The van der Waals surface area contributed by atoms with Gasteiger partial charge in [0.2, 0.25) is 0 Å². The van der Waals surface area contributed by atoms with Crippen molar-refractivity contribution in [2.45, 2.75) is 26.3 Å². The summed E-state index contributed by atoms with van der Waals surface area (Å²) in [5, 5.41) is 0. The Hall–Kier alpha value is -2.47. The van der Waals surface area contributed by atoms with E-state index in [0.717, 1.165) is 51.6 Å². The quantitative estimate of drug-likeness (QED) is 0.832. The van der Waals surface area contributed by atoms with Gasteiger partial charge in [-0.05, 0) is 25.3 Å². The summed E-state index contributed by atoms with van der Waals surface area (Å²) < 4.78 is 0. The second-order valence-electron chi connectivity index (χ2n) is 7.41. The third kappa shape index (κ3) is 4.27. The van der Waals surface area contributed by atoms with Crippen molar-refractivity contribution in [1.29, 1.82) is 0 Å². The van der Waals surface area contributed by atoms with Crippen LogP contribution in [0.15, 0.2) is 36.4 Å². The van der Waals surface area contributed by atoms with Gasteiger partial charge in [-0.15, -0.1) is 0 Å². The van der Waals surface area contributed by atoms with Crippen LogP contribution < -0.4 is 4.90 Å². The second kappa shape index (κ2) is 8.05. The van der Waals surface area contributed by atoms with E-state index < -0.39 is 0 Å². The van der Waals surface area contributed by atoms with Gasteiger partial charge in [-0.2, -0.15) is 0 Å². The van der Waals surface area contributed by atoms with E-state index in [9.17, 15) is 4.79 Å². The van der Waals surface area contributed by atoms with Crippen molar-refractivity contribution in [2.24, 2.45) is 0 Å². The predicted molar refractivity (Wildman–Crippen MR) is 106 cm³/mol. The number of aryl methyl sites for hydroxylation is 1. The molecule has 0 saturated carbocycles. The third-order valence-corrected chi connectivity index (χ3v) is 5.38. The summed E-state index contributed by atoms with van der Waals surface area (Å²) in [6.45, 7) is 8.11. The Morgan fingerprint density at radius 3 is 2.37 bits per heavy atom. The minimum absolute atomic E-state index is 0.0281. The summed E-state index contributed by atoms with van der Waals surface area (Å²) in [5.41, 5.74) is 1.85. The Morgan fingerprint density at radius 2 is 1.67 bits per heavy atom. The van der Waals surface area contributed by atoms with E-state index in [1.165, 1.54) is 18.4 Å². The SMILES string of the molecule is Cc1nc(C(=O)N2CCN(Cc3ccccc3)CC2)cc(N2CCCC2)n1. The lowest BCUT2D eigenvalue weighted by Crippen LogP contribution is -2.48. The van der Waals surface area contributed by atoms with Crippen molar-refractivity contribution in [2.75, 3.05) is 44.2 Å². The predicted octanol–water partition coefficient (Wildman–Crippen LogP) is 2.34. The van der Waals surface area contributed by atoms with Crippen LogP contribution in [0.4, 0.5) is 5.82 Å². The van der Waals surface area contributed by atoms with E-state index in [4.69, 9.17) is 0 Å². The Labute approximate surface area is 160 Å². The first kappa shape index (κ1) is 17.9. The van der Waals surface area contributed by atoms with Gasteiger partial charge >= 0.3 is 0 Å². The molecule has 27 heavy (non-hydrogen) atoms. The standard InChI is InChI=1S/C21H27N5O/c1-17-22-19(15-20(23-17)25-9-5-6-10-25)21(27)26-13-11-24(12-14-26)16-18-7-3-2-4-8-18/h2-4,7-8,15H,5-6,9-14,16H2,1H3. The average molecular weight is 365 g/mol. The zero-order valence-electron chi connectivity index (χ0n) is 16.0. The zero-order chi connectivity index (χ0) is 18.6. The monoisotopic (exact) mass is 365 g/mol. The molecule has 2 fully saturated rings. The van der Waals surface area contributed by atoms with Crippen LogP contribution >= 0.6 is 0 Å². The second-order valence-corrected chi connectivity index (χ2v) is 7.41. The van der Waals surface area contributed by atoms with Crippen LogP contribution in [0.1, 0.15) is 34.7 Å². The number of benzene rings is 1. The van der Waals surface area contributed by atoms with Crippen LogP contribution in [-0.2, 0) is 6.54 Å². The number of aromatic nitrogens is 2. The van der Waals surface area contributed by atoms with Crippen molar-refractivity contribution >= 4 is 11.7 Å². The molecular weight excluding hydrogens is 338 g/mol. The van der Waals surface area contributed by atoms with Gasteiger partial charge in [0.25, 0.3) is 5.91 Å². The molecule has 6 heteroatoms. The Balaban J connectivity index is 1.39.